The molecule has 1 unspecified atom stereocenters. The lowest BCUT2D eigenvalue weighted by Crippen LogP contribution is -2.40. The molecule has 0 bridgehead atoms. The van der Waals surface area contributed by atoms with E-state index in [1.807, 2.05) is 24.3 Å². The van der Waals surface area contributed by atoms with Crippen LogP contribution < -0.4 is 16.0 Å². The molecular formula is C23H29N5O3. The molecule has 0 saturated carbocycles. The highest BCUT2D eigenvalue weighted by Crippen LogP contribution is 2.22. The highest BCUT2D eigenvalue weighted by Gasteiger charge is 2.24. The van der Waals surface area contributed by atoms with Gasteiger partial charge in [-0.15, -0.1) is 0 Å². The second-order valence-corrected chi connectivity index (χ2v) is 8.10. The maximum absolute atomic E-state index is 12.9. The molecule has 2 aromatic rings. The maximum Gasteiger partial charge on any atom is 0.259 e. The van der Waals surface area contributed by atoms with Gasteiger partial charge in [0.2, 0.25) is 5.91 Å². The molecule has 2 aliphatic heterocycles. The van der Waals surface area contributed by atoms with Gasteiger partial charge in [0.25, 0.3) is 5.91 Å². The van der Waals surface area contributed by atoms with Crippen molar-refractivity contribution in [2.75, 3.05) is 49.6 Å². The number of likely N-dealkylation sites (tertiary alicyclic amines) is 1. The van der Waals surface area contributed by atoms with Crippen LogP contribution in [0.1, 0.15) is 28.8 Å². The number of nitrogens with one attached hydrogen (secondary N) is 1. The SMILES string of the molecule is NC(=O)C1CCCN(Cc2ccc(NC(=O)c3cccnc3N3CCOCC3)cc2)C1. The number of hydrogen-bond acceptors (Lipinski definition) is 6. The topological polar surface area (TPSA) is 101 Å². The van der Waals surface area contributed by atoms with E-state index in [2.05, 4.69) is 20.1 Å². The summed E-state index contributed by atoms with van der Waals surface area (Å²) >= 11 is 0. The fourth-order valence-electron chi connectivity index (χ4n) is 4.18. The fourth-order valence-corrected chi connectivity index (χ4v) is 4.18. The minimum Gasteiger partial charge on any atom is -0.378 e. The second kappa shape index (κ2) is 9.89. The average Bonchev–Trinajstić information content (AvgIpc) is 2.81. The van der Waals surface area contributed by atoms with Crippen LogP contribution in [0.5, 0.6) is 0 Å². The lowest BCUT2D eigenvalue weighted by atomic mass is 9.97. The first-order chi connectivity index (χ1) is 15.1. The van der Waals surface area contributed by atoms with E-state index in [1.165, 1.54) is 0 Å². The van der Waals surface area contributed by atoms with Gasteiger partial charge >= 0.3 is 0 Å². The van der Waals surface area contributed by atoms with E-state index in [1.54, 1.807) is 18.3 Å². The van der Waals surface area contributed by atoms with Crippen molar-refractivity contribution in [1.82, 2.24) is 9.88 Å². The normalized spacial score (nSPS) is 19.7. The number of pyridine rings is 1. The molecule has 2 aliphatic rings. The number of ether oxygens (including phenoxy) is 1. The summed E-state index contributed by atoms with van der Waals surface area (Å²) < 4.78 is 5.40. The number of carbonyl (C=O) groups excluding carboxylic acids is 2. The summed E-state index contributed by atoms with van der Waals surface area (Å²) in [4.78, 5) is 33.2. The third-order valence-corrected chi connectivity index (χ3v) is 5.87. The highest BCUT2D eigenvalue weighted by molar-refractivity contribution is 6.07. The first kappa shape index (κ1) is 21.3. The summed E-state index contributed by atoms with van der Waals surface area (Å²) in [7, 11) is 0. The third kappa shape index (κ3) is 5.39. The molecule has 1 aromatic heterocycles. The number of piperidine rings is 1. The van der Waals surface area contributed by atoms with Crippen molar-refractivity contribution in [2.45, 2.75) is 19.4 Å². The zero-order chi connectivity index (χ0) is 21.6. The van der Waals surface area contributed by atoms with Crippen LogP contribution in [0.25, 0.3) is 0 Å². The van der Waals surface area contributed by atoms with Gasteiger partial charge in [0.1, 0.15) is 5.82 Å². The molecule has 0 radical (unpaired) electrons. The molecule has 3 N–H and O–H groups in total. The summed E-state index contributed by atoms with van der Waals surface area (Å²) in [6.45, 7) is 5.15. The number of nitrogens with zero attached hydrogens (tertiary/aromatic N) is 3. The number of aromatic nitrogens is 1. The molecule has 2 saturated heterocycles. The predicted molar refractivity (Wildman–Crippen MR) is 119 cm³/mol. The Bertz CT molecular complexity index is 912. The maximum atomic E-state index is 12.9. The van der Waals surface area contributed by atoms with Crippen LogP contribution in [-0.4, -0.2) is 61.1 Å². The number of primary amides is 1. The Labute approximate surface area is 182 Å². The van der Waals surface area contributed by atoms with Crippen LogP contribution in [0.4, 0.5) is 11.5 Å². The predicted octanol–water partition coefficient (Wildman–Crippen LogP) is 1.87. The van der Waals surface area contributed by atoms with Crippen molar-refractivity contribution in [2.24, 2.45) is 11.7 Å². The number of morpholine rings is 1. The van der Waals surface area contributed by atoms with E-state index in [9.17, 15) is 9.59 Å². The van der Waals surface area contributed by atoms with Crippen LogP contribution in [0, 0.1) is 5.92 Å². The van der Waals surface area contributed by atoms with E-state index in [-0.39, 0.29) is 17.7 Å². The zero-order valence-electron chi connectivity index (χ0n) is 17.6. The van der Waals surface area contributed by atoms with Gasteiger partial charge in [-0.25, -0.2) is 4.98 Å². The lowest BCUT2D eigenvalue weighted by Gasteiger charge is -2.31. The molecule has 2 amide bonds. The summed E-state index contributed by atoms with van der Waals surface area (Å²) in [6.07, 6.45) is 3.57. The van der Waals surface area contributed by atoms with Crippen molar-refractivity contribution in [3.05, 3.63) is 53.7 Å². The lowest BCUT2D eigenvalue weighted by molar-refractivity contribution is -0.123. The second-order valence-electron chi connectivity index (χ2n) is 8.10. The Kier molecular flexibility index (Phi) is 6.79. The van der Waals surface area contributed by atoms with Crippen molar-refractivity contribution >= 4 is 23.3 Å². The highest BCUT2D eigenvalue weighted by atomic mass is 16.5. The number of anilines is 2. The Morgan fingerprint density at radius 3 is 2.65 bits per heavy atom. The van der Waals surface area contributed by atoms with Gasteiger partial charge in [0.15, 0.2) is 0 Å². The Morgan fingerprint density at radius 2 is 1.90 bits per heavy atom. The largest absolute Gasteiger partial charge is 0.378 e. The molecule has 8 nitrogen and oxygen atoms in total. The van der Waals surface area contributed by atoms with Gasteiger partial charge < -0.3 is 20.7 Å². The van der Waals surface area contributed by atoms with Crippen molar-refractivity contribution in [1.29, 1.82) is 0 Å². The molecule has 164 valence electrons. The number of hydrogen-bond donors (Lipinski definition) is 2. The van der Waals surface area contributed by atoms with Crippen LogP contribution in [0.3, 0.4) is 0 Å². The summed E-state index contributed by atoms with van der Waals surface area (Å²) in [5.74, 6) is 0.235. The van der Waals surface area contributed by atoms with Gasteiger partial charge in [-0.05, 0) is 49.2 Å². The van der Waals surface area contributed by atoms with Gasteiger partial charge in [0.05, 0.1) is 24.7 Å². The minimum absolute atomic E-state index is 0.0625. The molecule has 1 aromatic carbocycles. The quantitative estimate of drug-likeness (QED) is 0.736. The van der Waals surface area contributed by atoms with Gasteiger partial charge in [-0.2, -0.15) is 0 Å². The average molecular weight is 424 g/mol. The number of amides is 2. The minimum atomic E-state index is -0.213. The molecule has 0 spiro atoms. The monoisotopic (exact) mass is 423 g/mol. The molecule has 1 atom stereocenters. The molecule has 31 heavy (non-hydrogen) atoms. The Morgan fingerprint density at radius 1 is 1.13 bits per heavy atom. The molecule has 4 rings (SSSR count). The first-order valence-corrected chi connectivity index (χ1v) is 10.8. The third-order valence-electron chi connectivity index (χ3n) is 5.87. The standard InChI is InChI=1S/C23H29N5O3/c24-21(29)18-3-2-10-27(16-18)15-17-5-7-19(8-6-17)26-23(30)20-4-1-9-25-22(20)28-11-13-31-14-12-28/h1,4-9,18H,2-3,10-16H2,(H2,24,29)(H,26,30). The Hall–Kier alpha value is -2.97. The van der Waals surface area contributed by atoms with E-state index in [0.29, 0.717) is 31.1 Å². The smallest absolute Gasteiger partial charge is 0.259 e. The van der Waals surface area contributed by atoms with Crippen LogP contribution in [0.15, 0.2) is 42.6 Å². The van der Waals surface area contributed by atoms with Crippen LogP contribution in [-0.2, 0) is 16.1 Å². The molecular weight excluding hydrogens is 394 g/mol. The van der Waals surface area contributed by atoms with Crippen molar-refractivity contribution in [3.8, 4) is 0 Å². The fraction of sp³-hybridized carbons (Fsp3) is 0.435. The molecule has 3 heterocycles. The van der Waals surface area contributed by atoms with Crippen molar-refractivity contribution < 1.29 is 14.3 Å². The van der Waals surface area contributed by atoms with E-state index in [4.69, 9.17) is 10.5 Å². The van der Waals surface area contributed by atoms with Crippen molar-refractivity contribution in [3.63, 3.8) is 0 Å². The summed E-state index contributed by atoms with van der Waals surface area (Å²) in [5.41, 5.74) is 7.90. The number of carbonyl (C=O) groups is 2. The molecule has 2 fully saturated rings. The number of benzene rings is 1. The van der Waals surface area contributed by atoms with Gasteiger partial charge in [0, 0.05) is 38.1 Å². The van der Waals surface area contributed by atoms with Gasteiger partial charge in [-0.1, -0.05) is 12.1 Å². The summed E-state index contributed by atoms with van der Waals surface area (Å²) in [6, 6.07) is 11.4. The van der Waals surface area contributed by atoms with Crippen LogP contribution >= 0.6 is 0 Å². The molecule has 8 heteroatoms. The van der Waals surface area contributed by atoms with Crippen LogP contribution in [0.2, 0.25) is 0 Å². The van der Waals surface area contributed by atoms with Gasteiger partial charge in [-0.3, -0.25) is 14.5 Å². The molecule has 0 aliphatic carbocycles. The Balaban J connectivity index is 1.38. The van der Waals surface area contributed by atoms with E-state index < -0.39 is 0 Å². The zero-order valence-corrected chi connectivity index (χ0v) is 17.6. The number of rotatable bonds is 6. The van der Waals surface area contributed by atoms with E-state index in [0.717, 1.165) is 50.3 Å². The first-order valence-electron chi connectivity index (χ1n) is 10.8. The summed E-state index contributed by atoms with van der Waals surface area (Å²) in [5, 5.41) is 2.98. The number of nitrogens with two attached hydrogens (primary N) is 1. The van der Waals surface area contributed by atoms with E-state index >= 15 is 0 Å².